The maximum absolute atomic E-state index is 12.2. The summed E-state index contributed by atoms with van der Waals surface area (Å²) >= 11 is 0. The van der Waals surface area contributed by atoms with Crippen LogP contribution in [0, 0.1) is 6.92 Å². The molecule has 0 aliphatic heterocycles. The van der Waals surface area contributed by atoms with Crippen molar-refractivity contribution in [3.8, 4) is 11.5 Å². The Labute approximate surface area is 147 Å². The van der Waals surface area contributed by atoms with E-state index in [2.05, 4.69) is 5.32 Å². The fraction of sp³-hybridized carbons (Fsp3) is 0.190. The molecule has 0 aliphatic rings. The zero-order chi connectivity index (χ0) is 17.6. The van der Waals surface area contributed by atoms with Crippen molar-refractivity contribution in [3.63, 3.8) is 0 Å². The number of ether oxygens (including phenoxy) is 1. The van der Waals surface area contributed by atoms with Gasteiger partial charge in [0.25, 0.3) is 0 Å². The molecule has 0 aromatic heterocycles. The van der Waals surface area contributed by atoms with Crippen molar-refractivity contribution in [2.24, 2.45) is 0 Å². The van der Waals surface area contributed by atoms with E-state index in [1.807, 2.05) is 61.5 Å². The second-order valence-electron chi connectivity index (χ2n) is 6.00. The molecule has 0 bridgehead atoms. The van der Waals surface area contributed by atoms with Crippen LogP contribution in [0.3, 0.4) is 0 Å². The highest BCUT2D eigenvalue weighted by atomic mass is 16.5. The number of anilines is 1. The number of phenolic OH excluding ortho intramolecular Hbond substituents is 1. The minimum Gasteiger partial charge on any atom is -0.506 e. The second kappa shape index (κ2) is 7.71. The Morgan fingerprint density at radius 1 is 1.08 bits per heavy atom. The minimum atomic E-state index is -0.139. The van der Waals surface area contributed by atoms with Crippen LogP contribution in [0.5, 0.6) is 11.5 Å². The first-order valence-electron chi connectivity index (χ1n) is 8.33. The summed E-state index contributed by atoms with van der Waals surface area (Å²) in [7, 11) is 0. The van der Waals surface area contributed by atoms with Crippen LogP contribution < -0.4 is 10.1 Å². The van der Waals surface area contributed by atoms with Gasteiger partial charge in [-0.2, -0.15) is 0 Å². The van der Waals surface area contributed by atoms with Gasteiger partial charge in [0.05, 0.1) is 12.3 Å². The monoisotopic (exact) mass is 335 g/mol. The summed E-state index contributed by atoms with van der Waals surface area (Å²) in [4.78, 5) is 12.2. The lowest BCUT2D eigenvalue weighted by molar-refractivity contribution is -0.116. The highest BCUT2D eigenvalue weighted by Crippen LogP contribution is 2.32. The molecule has 0 unspecified atom stereocenters. The van der Waals surface area contributed by atoms with Gasteiger partial charge in [0, 0.05) is 11.8 Å². The smallest absolute Gasteiger partial charge is 0.224 e. The van der Waals surface area contributed by atoms with Gasteiger partial charge in [-0.1, -0.05) is 42.5 Å². The largest absolute Gasteiger partial charge is 0.506 e. The lowest BCUT2D eigenvalue weighted by Crippen LogP contribution is -2.13. The van der Waals surface area contributed by atoms with Crippen LogP contribution in [0.15, 0.2) is 60.7 Å². The summed E-state index contributed by atoms with van der Waals surface area (Å²) in [6.45, 7) is 2.48. The summed E-state index contributed by atoms with van der Waals surface area (Å²) in [5, 5.41) is 14.7. The second-order valence-corrected chi connectivity index (χ2v) is 6.00. The molecule has 0 radical (unpaired) electrons. The average Bonchev–Trinajstić information content (AvgIpc) is 2.61. The first kappa shape index (κ1) is 16.8. The molecular weight excluding hydrogens is 314 g/mol. The Hall–Kier alpha value is -3.01. The highest BCUT2D eigenvalue weighted by Gasteiger charge is 2.10. The number of hydrogen-bond donors (Lipinski definition) is 2. The number of aromatic hydroxyl groups is 1. The van der Waals surface area contributed by atoms with Gasteiger partial charge in [0.1, 0.15) is 11.5 Å². The van der Waals surface area contributed by atoms with Gasteiger partial charge < -0.3 is 15.2 Å². The van der Waals surface area contributed by atoms with Crippen LogP contribution in [0.25, 0.3) is 10.8 Å². The number of benzene rings is 3. The van der Waals surface area contributed by atoms with Crippen LogP contribution in [0.2, 0.25) is 0 Å². The molecule has 4 nitrogen and oxygen atoms in total. The maximum atomic E-state index is 12.2. The van der Waals surface area contributed by atoms with Gasteiger partial charge in [0.2, 0.25) is 5.91 Å². The van der Waals surface area contributed by atoms with Gasteiger partial charge in [-0.05, 0) is 42.5 Å². The van der Waals surface area contributed by atoms with Gasteiger partial charge in [-0.25, -0.2) is 0 Å². The molecule has 0 spiro atoms. The Bertz CT molecular complexity index is 889. The quantitative estimate of drug-likeness (QED) is 0.509. The van der Waals surface area contributed by atoms with Gasteiger partial charge in [-0.15, -0.1) is 0 Å². The third kappa shape index (κ3) is 4.29. The standard InChI is InChI=1S/C21H21NO3/c1-15-6-4-8-17(14-15)25-13-5-10-20(24)22-21-18-9-3-2-7-16(18)11-12-19(21)23/h2-4,6-9,11-12,14,23H,5,10,13H2,1H3,(H,22,24). The van der Waals surface area contributed by atoms with Crippen molar-refractivity contribution in [1.29, 1.82) is 0 Å². The molecule has 3 rings (SSSR count). The molecule has 4 heteroatoms. The van der Waals surface area contributed by atoms with Crippen LogP contribution >= 0.6 is 0 Å². The number of fused-ring (bicyclic) bond motifs is 1. The van der Waals surface area contributed by atoms with E-state index in [-0.39, 0.29) is 11.7 Å². The van der Waals surface area contributed by atoms with Crippen molar-refractivity contribution >= 4 is 22.4 Å². The average molecular weight is 335 g/mol. The Morgan fingerprint density at radius 2 is 1.92 bits per heavy atom. The zero-order valence-electron chi connectivity index (χ0n) is 14.2. The molecule has 0 atom stereocenters. The molecule has 0 saturated carbocycles. The molecule has 0 heterocycles. The molecule has 25 heavy (non-hydrogen) atoms. The SMILES string of the molecule is Cc1cccc(OCCCC(=O)Nc2c(O)ccc3ccccc23)c1. The van der Waals surface area contributed by atoms with Crippen molar-refractivity contribution < 1.29 is 14.6 Å². The zero-order valence-corrected chi connectivity index (χ0v) is 14.2. The van der Waals surface area contributed by atoms with Crippen molar-refractivity contribution in [2.75, 3.05) is 11.9 Å². The summed E-state index contributed by atoms with van der Waals surface area (Å²) in [5.74, 6) is 0.745. The van der Waals surface area contributed by atoms with E-state index in [9.17, 15) is 9.90 Å². The van der Waals surface area contributed by atoms with Crippen LogP contribution in [0.4, 0.5) is 5.69 Å². The van der Waals surface area contributed by atoms with E-state index in [4.69, 9.17) is 4.74 Å². The number of amides is 1. The number of aryl methyl sites for hydroxylation is 1. The number of nitrogens with one attached hydrogen (secondary N) is 1. The summed E-state index contributed by atoms with van der Waals surface area (Å²) in [5.41, 5.74) is 1.60. The van der Waals surface area contributed by atoms with E-state index in [0.717, 1.165) is 22.1 Å². The first-order valence-corrected chi connectivity index (χ1v) is 8.33. The van der Waals surface area contributed by atoms with E-state index < -0.39 is 0 Å². The van der Waals surface area contributed by atoms with E-state index in [1.54, 1.807) is 6.07 Å². The topological polar surface area (TPSA) is 58.6 Å². The molecular formula is C21H21NO3. The predicted octanol–water partition coefficient (Wildman–Crippen LogP) is 4.65. The lowest BCUT2D eigenvalue weighted by atomic mass is 10.1. The van der Waals surface area contributed by atoms with Crippen molar-refractivity contribution in [2.45, 2.75) is 19.8 Å². The Balaban J connectivity index is 1.55. The van der Waals surface area contributed by atoms with Gasteiger partial charge in [0.15, 0.2) is 0 Å². The van der Waals surface area contributed by atoms with E-state index >= 15 is 0 Å². The normalized spacial score (nSPS) is 10.6. The van der Waals surface area contributed by atoms with Crippen LogP contribution in [-0.2, 0) is 4.79 Å². The van der Waals surface area contributed by atoms with Crippen LogP contribution in [-0.4, -0.2) is 17.6 Å². The Morgan fingerprint density at radius 3 is 2.76 bits per heavy atom. The summed E-state index contributed by atoms with van der Waals surface area (Å²) < 4.78 is 5.65. The minimum absolute atomic E-state index is 0.0723. The molecule has 0 saturated heterocycles. The lowest BCUT2D eigenvalue weighted by Gasteiger charge is -2.11. The van der Waals surface area contributed by atoms with E-state index in [0.29, 0.717) is 25.1 Å². The molecule has 0 aliphatic carbocycles. The number of rotatable bonds is 6. The molecule has 0 fully saturated rings. The molecule has 3 aromatic rings. The third-order valence-electron chi connectivity index (χ3n) is 3.98. The maximum Gasteiger partial charge on any atom is 0.224 e. The first-order chi connectivity index (χ1) is 12.1. The summed E-state index contributed by atoms with van der Waals surface area (Å²) in [6, 6.07) is 18.9. The molecule has 2 N–H and O–H groups in total. The highest BCUT2D eigenvalue weighted by molar-refractivity contribution is 6.04. The number of phenols is 1. The molecule has 128 valence electrons. The number of carbonyl (C=O) groups is 1. The molecule has 3 aromatic carbocycles. The van der Waals surface area contributed by atoms with E-state index in [1.165, 1.54) is 0 Å². The van der Waals surface area contributed by atoms with Crippen LogP contribution in [0.1, 0.15) is 18.4 Å². The van der Waals surface area contributed by atoms with Gasteiger partial charge in [-0.3, -0.25) is 4.79 Å². The Kier molecular flexibility index (Phi) is 5.19. The van der Waals surface area contributed by atoms with Crippen molar-refractivity contribution in [1.82, 2.24) is 0 Å². The number of carbonyl (C=O) groups excluding carboxylic acids is 1. The molecule has 1 amide bonds. The number of hydrogen-bond acceptors (Lipinski definition) is 3. The third-order valence-corrected chi connectivity index (χ3v) is 3.98. The fourth-order valence-corrected chi connectivity index (χ4v) is 2.72. The van der Waals surface area contributed by atoms with Gasteiger partial charge >= 0.3 is 0 Å². The fourth-order valence-electron chi connectivity index (χ4n) is 2.72. The predicted molar refractivity (Wildman–Crippen MR) is 100 cm³/mol. The summed E-state index contributed by atoms with van der Waals surface area (Å²) in [6.07, 6.45) is 0.930. The van der Waals surface area contributed by atoms with Crippen molar-refractivity contribution in [3.05, 3.63) is 66.2 Å².